The Hall–Kier alpha value is -1.99. The van der Waals surface area contributed by atoms with E-state index in [0.29, 0.717) is 12.6 Å². The highest BCUT2D eigenvalue weighted by molar-refractivity contribution is 5.14. The summed E-state index contributed by atoms with van der Waals surface area (Å²) in [7, 11) is 0. The van der Waals surface area contributed by atoms with Crippen LogP contribution in [0.5, 0.6) is 5.88 Å². The molecule has 0 N–H and O–H groups in total. The van der Waals surface area contributed by atoms with Gasteiger partial charge in [-0.05, 0) is 32.4 Å². The van der Waals surface area contributed by atoms with Crippen molar-refractivity contribution in [2.45, 2.75) is 38.5 Å². The van der Waals surface area contributed by atoms with Crippen molar-refractivity contribution in [3.05, 3.63) is 42.1 Å². The third kappa shape index (κ3) is 3.33. The first-order valence-electron chi connectivity index (χ1n) is 9.18. The largest absolute Gasteiger partial charge is 0.475 e. The van der Waals surface area contributed by atoms with Crippen LogP contribution in [-0.2, 0) is 11.3 Å². The number of pyridine rings is 1. The lowest BCUT2D eigenvalue weighted by atomic mass is 9.81. The van der Waals surface area contributed by atoms with Crippen LogP contribution in [0.2, 0.25) is 0 Å². The predicted octanol–water partition coefficient (Wildman–Crippen LogP) is 2.67. The van der Waals surface area contributed by atoms with Crippen molar-refractivity contribution in [3.8, 4) is 5.88 Å². The molecule has 4 heterocycles. The molecule has 0 radical (unpaired) electrons. The Labute approximate surface area is 152 Å². The minimum Gasteiger partial charge on any atom is -0.475 e. The summed E-state index contributed by atoms with van der Waals surface area (Å²) < 4.78 is 27.4. The molecule has 6 nitrogen and oxygen atoms in total. The molecular weight excluding hydrogens is 335 g/mol. The molecule has 0 aromatic carbocycles. The molecule has 2 aromatic heterocycles. The van der Waals surface area contributed by atoms with Crippen molar-refractivity contribution in [1.82, 2.24) is 19.7 Å². The number of ether oxygens (including phenoxy) is 2. The molecule has 0 saturated carbocycles. The van der Waals surface area contributed by atoms with Crippen LogP contribution >= 0.6 is 0 Å². The summed E-state index contributed by atoms with van der Waals surface area (Å²) in [6, 6.07) is 3.30. The number of hydrogen-bond donors (Lipinski definition) is 0. The van der Waals surface area contributed by atoms with E-state index in [1.54, 1.807) is 12.3 Å². The highest BCUT2D eigenvalue weighted by Crippen LogP contribution is 2.40. The van der Waals surface area contributed by atoms with Gasteiger partial charge in [-0.2, -0.15) is 5.10 Å². The molecule has 4 rings (SSSR count). The van der Waals surface area contributed by atoms with E-state index in [4.69, 9.17) is 9.47 Å². The van der Waals surface area contributed by atoms with E-state index in [9.17, 15) is 4.39 Å². The van der Waals surface area contributed by atoms with Crippen LogP contribution in [0.3, 0.4) is 0 Å². The number of nitrogens with zero attached hydrogens (tertiary/aromatic N) is 4. The molecule has 1 unspecified atom stereocenters. The molecule has 7 heteroatoms. The van der Waals surface area contributed by atoms with E-state index in [-0.39, 0.29) is 17.4 Å². The molecule has 2 fully saturated rings. The average Bonchev–Trinajstić information content (AvgIpc) is 3.21. The van der Waals surface area contributed by atoms with Gasteiger partial charge in [0.2, 0.25) is 5.88 Å². The van der Waals surface area contributed by atoms with Gasteiger partial charge in [-0.25, -0.2) is 9.37 Å². The summed E-state index contributed by atoms with van der Waals surface area (Å²) in [4.78, 5) is 6.32. The fourth-order valence-electron chi connectivity index (χ4n) is 3.85. The summed E-state index contributed by atoms with van der Waals surface area (Å²) in [5, 5.41) is 4.40. The molecule has 2 aliphatic rings. The van der Waals surface area contributed by atoms with Crippen molar-refractivity contribution < 1.29 is 13.9 Å². The van der Waals surface area contributed by atoms with E-state index in [1.165, 1.54) is 11.6 Å². The first-order valence-corrected chi connectivity index (χ1v) is 9.18. The Morgan fingerprint density at radius 1 is 1.42 bits per heavy atom. The second-order valence-corrected chi connectivity index (χ2v) is 7.57. The Morgan fingerprint density at radius 2 is 2.27 bits per heavy atom. The maximum absolute atomic E-state index is 13.7. The Bertz CT molecular complexity index is 758. The van der Waals surface area contributed by atoms with Gasteiger partial charge in [0.25, 0.3) is 0 Å². The zero-order chi connectivity index (χ0) is 18.1. The average molecular weight is 360 g/mol. The maximum atomic E-state index is 13.7. The van der Waals surface area contributed by atoms with E-state index in [1.807, 2.05) is 10.9 Å². The lowest BCUT2D eigenvalue weighted by molar-refractivity contribution is -0.140. The minimum absolute atomic E-state index is 0.0758. The molecule has 26 heavy (non-hydrogen) atoms. The molecule has 0 aliphatic carbocycles. The Kier molecular flexibility index (Phi) is 4.67. The topological polar surface area (TPSA) is 52.4 Å². The van der Waals surface area contributed by atoms with Crippen LogP contribution in [0.1, 0.15) is 31.9 Å². The van der Waals surface area contributed by atoms with Crippen LogP contribution in [-0.4, -0.2) is 51.6 Å². The first kappa shape index (κ1) is 17.4. The minimum atomic E-state index is -0.419. The SMILES string of the molecule is CC(C)n1cc(CN2CC3(C2)OCCC3COc2ncccc2F)cn1. The molecule has 1 atom stereocenters. The normalized spacial score (nSPS) is 22.1. The summed E-state index contributed by atoms with van der Waals surface area (Å²) >= 11 is 0. The molecule has 0 amide bonds. The van der Waals surface area contributed by atoms with Crippen molar-refractivity contribution >= 4 is 0 Å². The van der Waals surface area contributed by atoms with E-state index in [2.05, 4.69) is 35.0 Å². The molecule has 2 aliphatic heterocycles. The smallest absolute Gasteiger partial charge is 0.250 e. The zero-order valence-corrected chi connectivity index (χ0v) is 15.3. The van der Waals surface area contributed by atoms with Gasteiger partial charge in [0.15, 0.2) is 5.82 Å². The van der Waals surface area contributed by atoms with Gasteiger partial charge < -0.3 is 9.47 Å². The summed E-state index contributed by atoms with van der Waals surface area (Å²) in [5.41, 5.74) is 1.05. The number of halogens is 1. The van der Waals surface area contributed by atoms with Gasteiger partial charge in [0, 0.05) is 56.2 Å². The molecule has 140 valence electrons. The second kappa shape index (κ2) is 6.96. The van der Waals surface area contributed by atoms with Gasteiger partial charge in [-0.1, -0.05) is 0 Å². The quantitative estimate of drug-likeness (QED) is 0.793. The molecule has 2 saturated heterocycles. The van der Waals surface area contributed by atoms with E-state index < -0.39 is 5.82 Å². The fourth-order valence-corrected chi connectivity index (χ4v) is 3.85. The van der Waals surface area contributed by atoms with Gasteiger partial charge in [0.05, 0.1) is 18.4 Å². The number of aromatic nitrogens is 3. The Morgan fingerprint density at radius 3 is 3.00 bits per heavy atom. The fraction of sp³-hybridized carbons (Fsp3) is 0.579. The van der Waals surface area contributed by atoms with Crippen molar-refractivity contribution in [1.29, 1.82) is 0 Å². The summed E-state index contributed by atoms with van der Waals surface area (Å²) in [5.74, 6) is -0.0803. The third-order valence-corrected chi connectivity index (χ3v) is 5.32. The summed E-state index contributed by atoms with van der Waals surface area (Å²) in [6.45, 7) is 8.04. The molecule has 0 bridgehead atoms. The lowest BCUT2D eigenvalue weighted by Crippen LogP contribution is -2.64. The van der Waals surface area contributed by atoms with Crippen molar-refractivity contribution in [2.75, 3.05) is 26.3 Å². The summed E-state index contributed by atoms with van der Waals surface area (Å²) in [6.07, 6.45) is 6.52. The first-order chi connectivity index (χ1) is 12.6. The monoisotopic (exact) mass is 360 g/mol. The number of likely N-dealkylation sites (tertiary alicyclic amines) is 1. The van der Waals surface area contributed by atoms with Gasteiger partial charge in [-0.15, -0.1) is 0 Å². The molecule has 1 spiro atoms. The van der Waals surface area contributed by atoms with Crippen LogP contribution in [0.25, 0.3) is 0 Å². The number of rotatable bonds is 6. The molecule has 2 aromatic rings. The van der Waals surface area contributed by atoms with Crippen LogP contribution in [0.15, 0.2) is 30.7 Å². The molecular formula is C19H25FN4O2. The highest BCUT2D eigenvalue weighted by Gasteiger charge is 2.53. The van der Waals surface area contributed by atoms with Crippen LogP contribution in [0.4, 0.5) is 4.39 Å². The standard InChI is InChI=1S/C19H25FN4O2/c1-14(2)24-10-15(8-22-24)9-23-12-19(13-23)16(5-7-26-19)11-25-18-17(20)4-3-6-21-18/h3-4,6,8,10,14,16H,5,7,9,11-13H2,1-2H3. The van der Waals surface area contributed by atoms with Gasteiger partial charge in [-0.3, -0.25) is 9.58 Å². The third-order valence-electron chi connectivity index (χ3n) is 5.32. The van der Waals surface area contributed by atoms with Gasteiger partial charge in [0.1, 0.15) is 0 Å². The van der Waals surface area contributed by atoms with Crippen molar-refractivity contribution in [3.63, 3.8) is 0 Å². The lowest BCUT2D eigenvalue weighted by Gasteiger charge is -2.50. The highest BCUT2D eigenvalue weighted by atomic mass is 19.1. The van der Waals surface area contributed by atoms with Crippen LogP contribution in [0, 0.1) is 11.7 Å². The van der Waals surface area contributed by atoms with Gasteiger partial charge >= 0.3 is 0 Å². The maximum Gasteiger partial charge on any atom is 0.250 e. The van der Waals surface area contributed by atoms with Crippen molar-refractivity contribution in [2.24, 2.45) is 5.92 Å². The van der Waals surface area contributed by atoms with E-state index in [0.717, 1.165) is 32.7 Å². The predicted molar refractivity (Wildman–Crippen MR) is 94.4 cm³/mol. The zero-order valence-electron chi connectivity index (χ0n) is 15.3. The van der Waals surface area contributed by atoms with E-state index >= 15 is 0 Å². The second-order valence-electron chi connectivity index (χ2n) is 7.57. The Balaban J connectivity index is 1.32. The number of hydrogen-bond acceptors (Lipinski definition) is 5. The van der Waals surface area contributed by atoms with Crippen LogP contribution < -0.4 is 4.74 Å².